The number of halogens is 1. The van der Waals surface area contributed by atoms with Gasteiger partial charge in [0, 0.05) is 23.8 Å². The van der Waals surface area contributed by atoms with Crippen molar-refractivity contribution in [3.8, 4) is 11.5 Å². The summed E-state index contributed by atoms with van der Waals surface area (Å²) < 4.78 is 0.895. The van der Waals surface area contributed by atoms with Gasteiger partial charge in [-0.3, -0.25) is 9.78 Å². The molecule has 0 aromatic carbocycles. The lowest BCUT2D eigenvalue weighted by Crippen LogP contribution is -2.15. The second-order valence-electron chi connectivity index (χ2n) is 3.80. The highest BCUT2D eigenvalue weighted by Gasteiger charge is 2.17. The monoisotopic (exact) mass is 292 g/mol. The second-order valence-corrected chi connectivity index (χ2v) is 4.72. The molecule has 2 aromatic heterocycles. The molecule has 0 saturated heterocycles. The van der Waals surface area contributed by atoms with E-state index in [2.05, 4.69) is 36.2 Å². The molecule has 0 aliphatic carbocycles. The van der Waals surface area contributed by atoms with Crippen LogP contribution in [0.4, 0.5) is 0 Å². The van der Waals surface area contributed by atoms with Crippen molar-refractivity contribution in [1.29, 1.82) is 0 Å². The standard InChI is InChI=1S/C11H9BrN4O/c12-6-1-2-8(14-3-6)10-15-9-5-13-4-7(9)11(17)16-10/h1-3,13H,4-5H2,(H,15,16,17). The fraction of sp³-hybridized carbons (Fsp3) is 0.182. The van der Waals surface area contributed by atoms with Gasteiger partial charge >= 0.3 is 0 Å². The summed E-state index contributed by atoms with van der Waals surface area (Å²) in [5.41, 5.74) is 2.12. The molecule has 0 saturated carbocycles. The largest absolute Gasteiger partial charge is 0.307 e. The van der Waals surface area contributed by atoms with E-state index in [0.717, 1.165) is 15.7 Å². The smallest absolute Gasteiger partial charge is 0.256 e. The summed E-state index contributed by atoms with van der Waals surface area (Å²) in [4.78, 5) is 23.2. The maximum atomic E-state index is 11.8. The molecule has 5 nitrogen and oxygen atoms in total. The third-order valence-corrected chi connectivity index (χ3v) is 3.13. The Balaban J connectivity index is 2.13. The first-order chi connectivity index (χ1) is 8.24. The summed E-state index contributed by atoms with van der Waals surface area (Å²) in [6.07, 6.45) is 1.68. The molecule has 2 N–H and O–H groups in total. The molecule has 3 rings (SSSR count). The first-order valence-electron chi connectivity index (χ1n) is 5.19. The lowest BCUT2D eigenvalue weighted by Gasteiger charge is -2.02. The van der Waals surface area contributed by atoms with E-state index in [1.807, 2.05) is 12.1 Å². The van der Waals surface area contributed by atoms with E-state index in [4.69, 9.17) is 0 Å². The van der Waals surface area contributed by atoms with E-state index >= 15 is 0 Å². The van der Waals surface area contributed by atoms with Gasteiger partial charge in [0.05, 0.1) is 11.3 Å². The van der Waals surface area contributed by atoms with Crippen LogP contribution in [0.15, 0.2) is 27.6 Å². The lowest BCUT2D eigenvalue weighted by atomic mass is 10.2. The van der Waals surface area contributed by atoms with Crippen LogP contribution in [0.2, 0.25) is 0 Å². The predicted octanol–water partition coefficient (Wildman–Crippen LogP) is 1.20. The number of hydrogen-bond donors (Lipinski definition) is 2. The highest BCUT2D eigenvalue weighted by Crippen LogP contribution is 2.16. The molecule has 0 bridgehead atoms. The Hall–Kier alpha value is -1.53. The summed E-state index contributed by atoms with van der Waals surface area (Å²) in [7, 11) is 0. The summed E-state index contributed by atoms with van der Waals surface area (Å²) in [5.74, 6) is 0.518. The molecule has 0 fully saturated rings. The van der Waals surface area contributed by atoms with Crippen LogP contribution in [-0.2, 0) is 13.1 Å². The maximum absolute atomic E-state index is 11.8. The highest BCUT2D eigenvalue weighted by molar-refractivity contribution is 9.10. The molecule has 0 unspecified atom stereocenters. The third-order valence-electron chi connectivity index (χ3n) is 2.67. The first kappa shape index (κ1) is 10.6. The van der Waals surface area contributed by atoms with Crippen LogP contribution < -0.4 is 10.9 Å². The quantitative estimate of drug-likeness (QED) is 0.829. The molecular weight excluding hydrogens is 284 g/mol. The molecule has 3 heterocycles. The number of fused-ring (bicyclic) bond motifs is 1. The molecule has 0 amide bonds. The van der Waals surface area contributed by atoms with Crippen molar-refractivity contribution >= 4 is 15.9 Å². The summed E-state index contributed by atoms with van der Waals surface area (Å²) in [6.45, 7) is 1.23. The molecule has 86 valence electrons. The summed E-state index contributed by atoms with van der Waals surface area (Å²) >= 11 is 3.32. The average Bonchev–Trinajstić information content (AvgIpc) is 2.78. The third kappa shape index (κ3) is 1.89. The fourth-order valence-corrected chi connectivity index (χ4v) is 2.05. The Bertz CT molecular complexity index is 620. The Morgan fingerprint density at radius 2 is 2.18 bits per heavy atom. The van der Waals surface area contributed by atoms with Crippen molar-refractivity contribution in [1.82, 2.24) is 20.3 Å². The average molecular weight is 293 g/mol. The van der Waals surface area contributed by atoms with Gasteiger partial charge in [0.15, 0.2) is 5.82 Å². The SMILES string of the molecule is O=c1[nH]c(-c2ccc(Br)cn2)nc2c1CNC2. The Morgan fingerprint density at radius 3 is 2.94 bits per heavy atom. The molecule has 1 aliphatic rings. The van der Waals surface area contributed by atoms with E-state index < -0.39 is 0 Å². The fourth-order valence-electron chi connectivity index (χ4n) is 1.82. The van der Waals surface area contributed by atoms with Crippen LogP contribution >= 0.6 is 15.9 Å². The van der Waals surface area contributed by atoms with E-state index in [1.54, 1.807) is 6.20 Å². The predicted molar refractivity (Wildman–Crippen MR) is 66.3 cm³/mol. The number of nitrogens with zero attached hydrogens (tertiary/aromatic N) is 2. The topological polar surface area (TPSA) is 70.7 Å². The summed E-state index contributed by atoms with van der Waals surface area (Å²) in [5, 5.41) is 3.11. The molecule has 0 radical (unpaired) electrons. The van der Waals surface area contributed by atoms with Crippen molar-refractivity contribution in [2.75, 3.05) is 0 Å². The lowest BCUT2D eigenvalue weighted by molar-refractivity contribution is 0.757. The van der Waals surface area contributed by atoms with Crippen LogP contribution in [0.5, 0.6) is 0 Å². The van der Waals surface area contributed by atoms with Gasteiger partial charge in [-0.2, -0.15) is 0 Å². The number of aromatic nitrogens is 3. The molecule has 17 heavy (non-hydrogen) atoms. The summed E-state index contributed by atoms with van der Waals surface area (Å²) in [6, 6.07) is 3.69. The van der Waals surface area contributed by atoms with Crippen LogP contribution in [0.3, 0.4) is 0 Å². The van der Waals surface area contributed by atoms with Crippen LogP contribution in [0.25, 0.3) is 11.5 Å². The minimum atomic E-state index is -0.0836. The zero-order valence-corrected chi connectivity index (χ0v) is 10.4. The van der Waals surface area contributed by atoms with Crippen molar-refractivity contribution in [2.24, 2.45) is 0 Å². The molecule has 0 atom stereocenters. The number of pyridine rings is 1. The van der Waals surface area contributed by atoms with Crippen LogP contribution in [0.1, 0.15) is 11.3 Å². The van der Waals surface area contributed by atoms with Gasteiger partial charge in [0.25, 0.3) is 5.56 Å². The van der Waals surface area contributed by atoms with Crippen LogP contribution in [0, 0.1) is 0 Å². The van der Waals surface area contributed by atoms with Gasteiger partial charge in [-0.1, -0.05) is 0 Å². The van der Waals surface area contributed by atoms with E-state index in [9.17, 15) is 4.79 Å². The maximum Gasteiger partial charge on any atom is 0.256 e. The van der Waals surface area contributed by atoms with Gasteiger partial charge in [-0.15, -0.1) is 0 Å². The minimum absolute atomic E-state index is 0.0836. The zero-order chi connectivity index (χ0) is 11.8. The van der Waals surface area contributed by atoms with E-state index in [1.165, 1.54) is 0 Å². The van der Waals surface area contributed by atoms with Gasteiger partial charge in [-0.05, 0) is 28.1 Å². The number of H-pyrrole nitrogens is 1. The molecule has 1 aliphatic heterocycles. The minimum Gasteiger partial charge on any atom is -0.307 e. The van der Waals surface area contributed by atoms with Gasteiger partial charge in [0.2, 0.25) is 0 Å². The van der Waals surface area contributed by atoms with Gasteiger partial charge < -0.3 is 10.3 Å². The molecule has 6 heteroatoms. The zero-order valence-electron chi connectivity index (χ0n) is 8.83. The molecule has 0 spiro atoms. The van der Waals surface area contributed by atoms with Crippen LogP contribution in [-0.4, -0.2) is 15.0 Å². The normalized spacial score (nSPS) is 13.7. The van der Waals surface area contributed by atoms with Gasteiger partial charge in [-0.25, -0.2) is 4.98 Å². The number of rotatable bonds is 1. The van der Waals surface area contributed by atoms with Crippen molar-refractivity contribution in [2.45, 2.75) is 13.1 Å². The molecule has 2 aromatic rings. The number of aromatic amines is 1. The Morgan fingerprint density at radius 1 is 1.29 bits per heavy atom. The first-order valence-corrected chi connectivity index (χ1v) is 5.98. The Kier molecular flexibility index (Phi) is 2.53. The second kappa shape index (κ2) is 4.05. The van der Waals surface area contributed by atoms with E-state index in [0.29, 0.717) is 24.6 Å². The van der Waals surface area contributed by atoms with Crippen molar-refractivity contribution < 1.29 is 0 Å². The Labute approximate surface area is 105 Å². The van der Waals surface area contributed by atoms with Crippen molar-refractivity contribution in [3.63, 3.8) is 0 Å². The highest BCUT2D eigenvalue weighted by atomic mass is 79.9. The van der Waals surface area contributed by atoms with E-state index in [-0.39, 0.29) is 5.56 Å². The number of hydrogen-bond acceptors (Lipinski definition) is 4. The number of nitrogens with one attached hydrogen (secondary N) is 2. The van der Waals surface area contributed by atoms with Crippen molar-refractivity contribution in [3.05, 3.63) is 44.4 Å². The van der Waals surface area contributed by atoms with Gasteiger partial charge in [0.1, 0.15) is 5.69 Å². The molecular formula is C11H9BrN4O.